The summed E-state index contributed by atoms with van der Waals surface area (Å²) in [6, 6.07) is 0. The third-order valence-corrected chi connectivity index (χ3v) is 10.7. The average molecular weight is 335 g/mol. The first-order chi connectivity index (χ1) is 10.9. The fraction of sp³-hybridized carbons (Fsp3) is 0.810. The lowest BCUT2D eigenvalue weighted by molar-refractivity contribution is 0.447. The molecule has 0 fully saturated rings. The van der Waals surface area contributed by atoms with Gasteiger partial charge in [-0.3, -0.25) is 0 Å². The highest BCUT2D eigenvalue weighted by atomic mass is 28.4. The molecule has 0 aliphatic heterocycles. The number of hydrogen-bond donors (Lipinski definition) is 0. The summed E-state index contributed by atoms with van der Waals surface area (Å²) in [6.07, 6.45) is 11.8. The van der Waals surface area contributed by atoms with Gasteiger partial charge in [0.25, 0.3) is 8.32 Å². The normalized spacial score (nSPS) is 11.2. The molecule has 0 aromatic heterocycles. The van der Waals surface area contributed by atoms with Crippen LogP contribution in [0.4, 0.5) is 0 Å². The molecule has 0 aliphatic rings. The van der Waals surface area contributed by atoms with Crippen molar-refractivity contribution >= 4 is 8.32 Å². The Bertz CT molecular complexity index is 393. The van der Waals surface area contributed by atoms with Crippen molar-refractivity contribution in [3.63, 3.8) is 0 Å². The molecule has 0 unspecified atom stereocenters. The Morgan fingerprint density at radius 2 is 1.26 bits per heavy atom. The Kier molecular flexibility index (Phi) is 12.1. The molecule has 0 aromatic rings. The molecule has 132 valence electrons. The molecule has 0 radical (unpaired) electrons. The molecule has 0 rings (SSSR count). The second-order valence-electron chi connectivity index (χ2n) is 7.47. The van der Waals surface area contributed by atoms with E-state index >= 15 is 0 Å². The van der Waals surface area contributed by atoms with E-state index in [9.17, 15) is 0 Å². The minimum absolute atomic E-state index is 0.563. The summed E-state index contributed by atoms with van der Waals surface area (Å²) < 4.78 is 6.16. The Hall–Kier alpha value is -0.863. The molecule has 0 bridgehead atoms. The van der Waals surface area contributed by atoms with Crippen LogP contribution in [0.1, 0.15) is 93.4 Å². The van der Waals surface area contributed by atoms with Gasteiger partial charge in [0.1, 0.15) is 6.11 Å². The van der Waals surface area contributed by atoms with E-state index in [1.54, 1.807) is 0 Å². The van der Waals surface area contributed by atoms with Gasteiger partial charge in [-0.2, -0.15) is 0 Å². The van der Waals surface area contributed by atoms with Gasteiger partial charge in [0, 0.05) is 12.3 Å². The van der Waals surface area contributed by atoms with Crippen molar-refractivity contribution in [3.8, 4) is 23.9 Å². The summed E-state index contributed by atoms with van der Waals surface area (Å²) in [5.41, 5.74) is 1.69. The van der Waals surface area contributed by atoms with Crippen molar-refractivity contribution in [1.82, 2.24) is 0 Å². The second-order valence-corrected chi connectivity index (χ2v) is 12.8. The first kappa shape index (κ1) is 22.1. The van der Waals surface area contributed by atoms with Crippen LogP contribution in [0.5, 0.6) is 0 Å². The Balaban J connectivity index is 4.31. The summed E-state index contributed by atoms with van der Waals surface area (Å²) >= 11 is 0. The van der Waals surface area contributed by atoms with Crippen molar-refractivity contribution in [1.29, 1.82) is 0 Å². The van der Waals surface area contributed by atoms with E-state index in [0.29, 0.717) is 16.6 Å². The monoisotopic (exact) mass is 334 g/mol. The van der Waals surface area contributed by atoms with Gasteiger partial charge in [-0.05, 0) is 29.0 Å². The predicted molar refractivity (Wildman–Crippen MR) is 106 cm³/mol. The summed E-state index contributed by atoms with van der Waals surface area (Å²) in [4.78, 5) is 0. The largest absolute Gasteiger partial charge is 0.499 e. The minimum atomic E-state index is -1.86. The fourth-order valence-corrected chi connectivity index (χ4v) is 8.53. The average Bonchev–Trinajstić information content (AvgIpc) is 2.47. The topological polar surface area (TPSA) is 9.23 Å². The predicted octanol–water partition coefficient (Wildman–Crippen LogP) is 6.89. The summed E-state index contributed by atoms with van der Waals surface area (Å²) in [5, 5.41) is 0. The van der Waals surface area contributed by atoms with E-state index in [2.05, 4.69) is 72.3 Å². The fourth-order valence-electron chi connectivity index (χ4n) is 3.59. The SMILES string of the molecule is CCCCCCCCC#CC#CO[Si](C(C)C)(C(C)C)C(C)C. The smallest absolute Gasteiger partial charge is 0.272 e. The van der Waals surface area contributed by atoms with Crippen LogP contribution in [0.15, 0.2) is 0 Å². The van der Waals surface area contributed by atoms with Crippen molar-refractivity contribution in [2.45, 2.75) is 110 Å². The highest BCUT2D eigenvalue weighted by molar-refractivity contribution is 6.77. The van der Waals surface area contributed by atoms with Crippen molar-refractivity contribution in [2.24, 2.45) is 0 Å². The molecule has 0 saturated heterocycles. The van der Waals surface area contributed by atoms with Crippen molar-refractivity contribution < 1.29 is 4.43 Å². The van der Waals surface area contributed by atoms with Crippen LogP contribution < -0.4 is 0 Å². The Morgan fingerprint density at radius 1 is 0.739 bits per heavy atom. The second kappa shape index (κ2) is 12.5. The van der Waals surface area contributed by atoms with Gasteiger partial charge in [-0.15, -0.1) is 0 Å². The molecule has 1 nitrogen and oxygen atoms in total. The van der Waals surface area contributed by atoms with E-state index in [1.165, 1.54) is 38.5 Å². The molecule has 2 heteroatoms. The van der Waals surface area contributed by atoms with E-state index in [4.69, 9.17) is 4.43 Å². The lowest BCUT2D eigenvalue weighted by Crippen LogP contribution is -2.46. The van der Waals surface area contributed by atoms with E-state index in [1.807, 2.05) is 0 Å². The molecule has 0 heterocycles. The van der Waals surface area contributed by atoms with Crippen LogP contribution in [0.2, 0.25) is 16.6 Å². The summed E-state index contributed by atoms with van der Waals surface area (Å²) in [7, 11) is -1.86. The number of hydrogen-bond acceptors (Lipinski definition) is 1. The highest BCUT2D eigenvalue weighted by Crippen LogP contribution is 2.41. The van der Waals surface area contributed by atoms with Gasteiger partial charge < -0.3 is 4.43 Å². The van der Waals surface area contributed by atoms with Gasteiger partial charge in [-0.25, -0.2) is 0 Å². The third kappa shape index (κ3) is 7.98. The van der Waals surface area contributed by atoms with Gasteiger partial charge >= 0.3 is 0 Å². The molecule has 0 amide bonds. The van der Waals surface area contributed by atoms with E-state index in [-0.39, 0.29) is 0 Å². The Morgan fingerprint density at radius 3 is 1.78 bits per heavy atom. The molecule has 0 saturated carbocycles. The molecular formula is C21H38OSi. The maximum atomic E-state index is 6.16. The van der Waals surface area contributed by atoms with Gasteiger partial charge in [0.05, 0.1) is 0 Å². The van der Waals surface area contributed by atoms with E-state index in [0.717, 1.165) is 6.42 Å². The quantitative estimate of drug-likeness (QED) is 0.240. The first-order valence-electron chi connectivity index (χ1n) is 9.55. The number of rotatable bonds is 10. The van der Waals surface area contributed by atoms with E-state index < -0.39 is 8.32 Å². The maximum absolute atomic E-state index is 6.16. The first-order valence-corrected chi connectivity index (χ1v) is 11.7. The van der Waals surface area contributed by atoms with Crippen molar-refractivity contribution in [2.75, 3.05) is 0 Å². The molecule has 23 heavy (non-hydrogen) atoms. The summed E-state index contributed by atoms with van der Waals surface area (Å²) in [5.74, 6) is 9.04. The molecule has 0 N–H and O–H groups in total. The standard InChI is InChI=1S/C21H38OSi/c1-8-9-10-11-12-13-14-15-16-17-18-22-23(19(2)3,20(4)5)21(6)7/h19-21H,8-14H2,1-7H3. The third-order valence-electron chi connectivity index (χ3n) is 4.79. The van der Waals surface area contributed by atoms with Gasteiger partial charge in [0.2, 0.25) is 0 Å². The minimum Gasteiger partial charge on any atom is -0.499 e. The van der Waals surface area contributed by atoms with Crippen LogP contribution in [-0.4, -0.2) is 8.32 Å². The lowest BCUT2D eigenvalue weighted by atomic mass is 10.1. The van der Waals surface area contributed by atoms with Gasteiger partial charge in [0.15, 0.2) is 0 Å². The zero-order valence-electron chi connectivity index (χ0n) is 16.6. The van der Waals surface area contributed by atoms with Crippen LogP contribution in [0.25, 0.3) is 0 Å². The molecule has 0 aliphatic carbocycles. The molecular weight excluding hydrogens is 296 g/mol. The lowest BCUT2D eigenvalue weighted by Gasteiger charge is -2.39. The van der Waals surface area contributed by atoms with Crippen LogP contribution in [0, 0.1) is 23.9 Å². The van der Waals surface area contributed by atoms with Crippen LogP contribution >= 0.6 is 0 Å². The molecule has 0 atom stereocenters. The Labute approximate surface area is 147 Å². The number of unbranched alkanes of at least 4 members (excludes halogenated alkanes) is 6. The zero-order chi connectivity index (χ0) is 17.7. The highest BCUT2D eigenvalue weighted by Gasteiger charge is 2.46. The van der Waals surface area contributed by atoms with Crippen molar-refractivity contribution in [3.05, 3.63) is 0 Å². The van der Waals surface area contributed by atoms with Gasteiger partial charge in [-0.1, -0.05) is 86.5 Å². The molecule has 0 spiro atoms. The zero-order valence-corrected chi connectivity index (χ0v) is 17.6. The van der Waals surface area contributed by atoms with Crippen LogP contribution in [0.3, 0.4) is 0 Å². The maximum Gasteiger partial charge on any atom is 0.272 e. The summed E-state index contributed by atoms with van der Waals surface area (Å²) in [6.45, 7) is 15.9. The molecule has 0 aromatic carbocycles. The van der Waals surface area contributed by atoms with Crippen LogP contribution in [-0.2, 0) is 4.43 Å².